The zero-order chi connectivity index (χ0) is 11.4. The summed E-state index contributed by atoms with van der Waals surface area (Å²) in [6.45, 7) is 6.48. The predicted molar refractivity (Wildman–Crippen MR) is 66.3 cm³/mol. The molecule has 1 aliphatic rings. The molecule has 1 fully saturated rings. The van der Waals surface area contributed by atoms with Crippen molar-refractivity contribution in [3.8, 4) is 0 Å². The standard InChI is InChI=1S/C13H23N3/c1-3-14-8-12-9-15-10-16(12)13-7-5-4-6-11(13)2/h9-11,13-14H,3-8H2,1-2H3. The Morgan fingerprint density at radius 2 is 2.25 bits per heavy atom. The number of aromatic nitrogens is 2. The molecular formula is C13H23N3. The van der Waals surface area contributed by atoms with Crippen molar-refractivity contribution in [1.29, 1.82) is 0 Å². The van der Waals surface area contributed by atoms with Crippen LogP contribution in [0, 0.1) is 5.92 Å². The third-order valence-electron chi connectivity index (χ3n) is 3.73. The lowest BCUT2D eigenvalue weighted by atomic mass is 9.85. The van der Waals surface area contributed by atoms with Crippen LogP contribution in [0.4, 0.5) is 0 Å². The summed E-state index contributed by atoms with van der Waals surface area (Å²) in [5, 5.41) is 3.38. The zero-order valence-corrected chi connectivity index (χ0v) is 10.4. The summed E-state index contributed by atoms with van der Waals surface area (Å²) in [6, 6.07) is 0.671. The molecule has 0 aliphatic heterocycles. The minimum absolute atomic E-state index is 0.671. The third-order valence-corrected chi connectivity index (χ3v) is 3.73. The summed E-state index contributed by atoms with van der Waals surface area (Å²) in [5.41, 5.74) is 1.33. The van der Waals surface area contributed by atoms with Gasteiger partial charge in [0.1, 0.15) is 0 Å². The van der Waals surface area contributed by atoms with E-state index in [1.54, 1.807) is 0 Å². The fraction of sp³-hybridized carbons (Fsp3) is 0.769. The lowest BCUT2D eigenvalue weighted by Gasteiger charge is -2.31. The summed E-state index contributed by atoms with van der Waals surface area (Å²) in [4.78, 5) is 4.31. The molecule has 90 valence electrons. The topological polar surface area (TPSA) is 29.9 Å². The number of nitrogens with zero attached hydrogens (tertiary/aromatic N) is 2. The Bertz CT molecular complexity index is 319. The van der Waals surface area contributed by atoms with Crippen LogP contribution in [0.15, 0.2) is 12.5 Å². The van der Waals surface area contributed by atoms with Gasteiger partial charge in [-0.15, -0.1) is 0 Å². The van der Waals surface area contributed by atoms with Gasteiger partial charge in [0.2, 0.25) is 0 Å². The first-order valence-electron chi connectivity index (χ1n) is 6.54. The van der Waals surface area contributed by atoms with Crippen LogP contribution in [0.2, 0.25) is 0 Å². The number of imidazole rings is 1. The first kappa shape index (κ1) is 11.6. The van der Waals surface area contributed by atoms with Crippen LogP contribution in [0.5, 0.6) is 0 Å². The summed E-state index contributed by atoms with van der Waals surface area (Å²) in [5.74, 6) is 0.795. The lowest BCUT2D eigenvalue weighted by molar-refractivity contribution is 0.252. The normalized spacial score (nSPS) is 25.9. The van der Waals surface area contributed by atoms with Gasteiger partial charge in [0.25, 0.3) is 0 Å². The van der Waals surface area contributed by atoms with Crippen LogP contribution in [-0.4, -0.2) is 16.1 Å². The second-order valence-electron chi connectivity index (χ2n) is 4.90. The van der Waals surface area contributed by atoms with Gasteiger partial charge in [-0.1, -0.05) is 26.7 Å². The van der Waals surface area contributed by atoms with Gasteiger partial charge in [0.05, 0.1) is 12.0 Å². The molecule has 0 saturated heterocycles. The van der Waals surface area contributed by atoms with E-state index >= 15 is 0 Å². The summed E-state index contributed by atoms with van der Waals surface area (Å²) >= 11 is 0. The van der Waals surface area contributed by atoms with Crippen LogP contribution in [0.3, 0.4) is 0 Å². The predicted octanol–water partition coefficient (Wildman–Crippen LogP) is 2.74. The van der Waals surface area contributed by atoms with Crippen LogP contribution in [0.25, 0.3) is 0 Å². The molecule has 0 aromatic carbocycles. The Kier molecular flexibility index (Phi) is 3.99. The van der Waals surface area contributed by atoms with Gasteiger partial charge in [-0.2, -0.15) is 0 Å². The van der Waals surface area contributed by atoms with Crippen LogP contribution >= 0.6 is 0 Å². The second-order valence-corrected chi connectivity index (χ2v) is 4.90. The molecule has 0 bridgehead atoms. The van der Waals surface area contributed by atoms with Crippen LogP contribution < -0.4 is 5.32 Å². The average molecular weight is 221 g/mol. The molecular weight excluding hydrogens is 198 g/mol. The van der Waals surface area contributed by atoms with Crippen molar-refractivity contribution < 1.29 is 0 Å². The molecule has 1 aromatic rings. The minimum atomic E-state index is 0.671. The Morgan fingerprint density at radius 1 is 1.44 bits per heavy atom. The Morgan fingerprint density at radius 3 is 3.00 bits per heavy atom. The van der Waals surface area contributed by atoms with Gasteiger partial charge in [0, 0.05) is 18.8 Å². The Hall–Kier alpha value is -0.830. The molecule has 3 heteroatoms. The van der Waals surface area contributed by atoms with Crippen molar-refractivity contribution >= 4 is 0 Å². The number of hydrogen-bond donors (Lipinski definition) is 1. The molecule has 1 aliphatic carbocycles. The van der Waals surface area contributed by atoms with Crippen LogP contribution in [0.1, 0.15) is 51.3 Å². The maximum absolute atomic E-state index is 4.31. The largest absolute Gasteiger partial charge is 0.330 e. The minimum Gasteiger partial charge on any atom is -0.330 e. The molecule has 2 unspecified atom stereocenters. The van der Waals surface area contributed by atoms with Crippen molar-refractivity contribution in [2.24, 2.45) is 5.92 Å². The lowest BCUT2D eigenvalue weighted by Crippen LogP contribution is -2.24. The summed E-state index contributed by atoms with van der Waals surface area (Å²) in [7, 11) is 0. The molecule has 2 atom stereocenters. The van der Waals surface area contributed by atoms with E-state index in [2.05, 4.69) is 28.7 Å². The fourth-order valence-electron chi connectivity index (χ4n) is 2.73. The second kappa shape index (κ2) is 5.48. The van der Waals surface area contributed by atoms with Crippen molar-refractivity contribution in [1.82, 2.24) is 14.9 Å². The first-order chi connectivity index (χ1) is 7.83. The number of rotatable bonds is 4. The van der Waals surface area contributed by atoms with Gasteiger partial charge in [0.15, 0.2) is 0 Å². The molecule has 3 nitrogen and oxygen atoms in total. The van der Waals surface area contributed by atoms with Gasteiger partial charge in [-0.05, 0) is 25.3 Å². The third kappa shape index (κ3) is 2.46. The highest BCUT2D eigenvalue weighted by Gasteiger charge is 2.23. The van der Waals surface area contributed by atoms with E-state index < -0.39 is 0 Å². The van der Waals surface area contributed by atoms with Gasteiger partial charge in [-0.3, -0.25) is 0 Å². The Balaban J connectivity index is 2.09. The monoisotopic (exact) mass is 221 g/mol. The van der Waals surface area contributed by atoms with Gasteiger partial charge < -0.3 is 9.88 Å². The van der Waals surface area contributed by atoms with E-state index in [0.717, 1.165) is 19.0 Å². The zero-order valence-electron chi connectivity index (χ0n) is 10.4. The van der Waals surface area contributed by atoms with Gasteiger partial charge in [-0.25, -0.2) is 4.98 Å². The quantitative estimate of drug-likeness (QED) is 0.847. The van der Waals surface area contributed by atoms with E-state index in [1.807, 2.05) is 12.5 Å². The van der Waals surface area contributed by atoms with E-state index in [-0.39, 0.29) is 0 Å². The van der Waals surface area contributed by atoms with E-state index in [4.69, 9.17) is 0 Å². The SMILES string of the molecule is CCNCc1cncn1C1CCCCC1C. The van der Waals surface area contributed by atoms with Crippen LogP contribution in [-0.2, 0) is 6.54 Å². The molecule has 0 spiro atoms. The van der Waals surface area contributed by atoms with E-state index in [1.165, 1.54) is 31.4 Å². The van der Waals surface area contributed by atoms with E-state index in [9.17, 15) is 0 Å². The first-order valence-corrected chi connectivity index (χ1v) is 6.54. The van der Waals surface area contributed by atoms with Crippen molar-refractivity contribution in [2.75, 3.05) is 6.54 Å². The number of nitrogens with one attached hydrogen (secondary N) is 1. The molecule has 1 aromatic heterocycles. The molecule has 0 radical (unpaired) electrons. The molecule has 0 amide bonds. The maximum atomic E-state index is 4.31. The molecule has 16 heavy (non-hydrogen) atoms. The highest BCUT2D eigenvalue weighted by atomic mass is 15.1. The average Bonchev–Trinajstić information content (AvgIpc) is 2.75. The Labute approximate surface area is 98.3 Å². The molecule has 2 rings (SSSR count). The highest BCUT2D eigenvalue weighted by Crippen LogP contribution is 2.34. The molecule has 1 N–H and O–H groups in total. The molecule has 1 saturated carbocycles. The maximum Gasteiger partial charge on any atom is 0.0951 e. The van der Waals surface area contributed by atoms with Crippen molar-refractivity contribution in [3.63, 3.8) is 0 Å². The summed E-state index contributed by atoms with van der Waals surface area (Å²) in [6.07, 6.45) is 9.46. The van der Waals surface area contributed by atoms with Crippen molar-refractivity contribution in [3.05, 3.63) is 18.2 Å². The van der Waals surface area contributed by atoms with E-state index in [0.29, 0.717) is 6.04 Å². The van der Waals surface area contributed by atoms with Gasteiger partial charge >= 0.3 is 0 Å². The highest BCUT2D eigenvalue weighted by molar-refractivity contribution is 5.01. The fourth-order valence-corrected chi connectivity index (χ4v) is 2.73. The number of hydrogen-bond acceptors (Lipinski definition) is 2. The molecule has 1 heterocycles. The summed E-state index contributed by atoms with van der Waals surface area (Å²) < 4.78 is 2.40. The van der Waals surface area contributed by atoms with Crippen molar-refractivity contribution in [2.45, 2.75) is 52.1 Å². The smallest absolute Gasteiger partial charge is 0.0951 e.